The van der Waals surface area contributed by atoms with Gasteiger partial charge in [-0.3, -0.25) is 10.1 Å². The Morgan fingerprint density at radius 1 is 1.73 bits per heavy atom. The average molecular weight is 247 g/mol. The number of hydrogen-bond donors (Lipinski definition) is 0. The molecule has 1 unspecified atom stereocenters. The molecule has 0 saturated heterocycles. The Labute approximate surface area is 97.2 Å². The maximum absolute atomic E-state index is 10.8. The van der Waals surface area contributed by atoms with Crippen LogP contribution in [0.15, 0.2) is 17.3 Å². The second-order valence-electron chi connectivity index (χ2n) is 3.12. The van der Waals surface area contributed by atoms with Crippen LogP contribution in [-0.2, 0) is 0 Å². The third-order valence-corrected chi connectivity index (χ3v) is 3.54. The Morgan fingerprint density at radius 3 is 2.93 bits per heavy atom. The normalized spacial score (nSPS) is 12.5. The highest BCUT2D eigenvalue weighted by molar-refractivity contribution is 8.00. The molecule has 0 aliphatic carbocycles. The zero-order valence-electron chi connectivity index (χ0n) is 8.44. The van der Waals surface area contributed by atoms with Crippen LogP contribution in [0.3, 0.4) is 0 Å². The van der Waals surface area contributed by atoms with E-state index in [1.807, 2.05) is 6.92 Å². The number of pyridine rings is 1. The van der Waals surface area contributed by atoms with Crippen LogP contribution in [0.1, 0.15) is 12.5 Å². The first-order valence-corrected chi connectivity index (χ1v) is 5.80. The van der Waals surface area contributed by atoms with Crippen LogP contribution in [0.4, 0.5) is 5.69 Å². The van der Waals surface area contributed by atoms with Gasteiger partial charge in [-0.2, -0.15) is 0 Å². The standard InChI is InChI=1S/C9H11ClN2O2S/c1-6-3-4-11-9(8(6)12(13)14)15-7(2)5-10/h3-4,7H,5H2,1-2H3. The number of halogens is 1. The van der Waals surface area contributed by atoms with E-state index in [-0.39, 0.29) is 10.9 Å². The fraction of sp³-hybridized carbons (Fsp3) is 0.444. The summed E-state index contributed by atoms with van der Waals surface area (Å²) in [6.45, 7) is 3.61. The molecule has 15 heavy (non-hydrogen) atoms. The van der Waals surface area contributed by atoms with Crippen molar-refractivity contribution in [1.82, 2.24) is 4.98 Å². The van der Waals surface area contributed by atoms with E-state index in [2.05, 4.69) is 4.98 Å². The molecule has 82 valence electrons. The Balaban J connectivity index is 3.06. The van der Waals surface area contributed by atoms with Crippen molar-refractivity contribution in [3.8, 4) is 0 Å². The Bertz CT molecular complexity index is 373. The highest BCUT2D eigenvalue weighted by Gasteiger charge is 2.20. The predicted octanol–water partition coefficient (Wildman–Crippen LogP) is 3.02. The van der Waals surface area contributed by atoms with E-state index in [1.165, 1.54) is 11.8 Å². The molecule has 1 aromatic rings. The van der Waals surface area contributed by atoms with Crippen LogP contribution < -0.4 is 0 Å². The summed E-state index contributed by atoms with van der Waals surface area (Å²) in [5.41, 5.74) is 0.707. The predicted molar refractivity (Wildman–Crippen MR) is 61.7 cm³/mol. The van der Waals surface area contributed by atoms with Crippen molar-refractivity contribution < 1.29 is 4.92 Å². The van der Waals surface area contributed by atoms with Crippen LogP contribution in [0.25, 0.3) is 0 Å². The second kappa shape index (κ2) is 5.32. The number of alkyl halides is 1. The highest BCUT2D eigenvalue weighted by atomic mass is 35.5. The smallest absolute Gasteiger partial charge is 0.258 e. The van der Waals surface area contributed by atoms with Crippen molar-refractivity contribution in [3.63, 3.8) is 0 Å². The van der Waals surface area contributed by atoms with Crippen LogP contribution in [-0.4, -0.2) is 21.0 Å². The summed E-state index contributed by atoms with van der Waals surface area (Å²) in [7, 11) is 0. The molecule has 0 N–H and O–H groups in total. The van der Waals surface area contributed by atoms with Gasteiger partial charge in [0.15, 0.2) is 5.03 Å². The van der Waals surface area contributed by atoms with Gasteiger partial charge in [0.25, 0.3) is 0 Å². The van der Waals surface area contributed by atoms with E-state index in [0.717, 1.165) is 0 Å². The first-order valence-electron chi connectivity index (χ1n) is 4.39. The van der Waals surface area contributed by atoms with Gasteiger partial charge in [0.2, 0.25) is 0 Å². The maximum Gasteiger partial charge on any atom is 0.304 e. The van der Waals surface area contributed by atoms with E-state index >= 15 is 0 Å². The molecule has 0 amide bonds. The minimum absolute atomic E-state index is 0.0828. The minimum Gasteiger partial charge on any atom is -0.258 e. The van der Waals surface area contributed by atoms with Crippen molar-refractivity contribution in [2.24, 2.45) is 0 Å². The molecule has 0 fully saturated rings. The molecular weight excluding hydrogens is 236 g/mol. The van der Waals surface area contributed by atoms with Crippen LogP contribution in [0.5, 0.6) is 0 Å². The highest BCUT2D eigenvalue weighted by Crippen LogP contribution is 2.32. The Morgan fingerprint density at radius 2 is 2.40 bits per heavy atom. The first kappa shape index (κ1) is 12.3. The van der Waals surface area contributed by atoms with Crippen LogP contribution in [0.2, 0.25) is 0 Å². The zero-order valence-corrected chi connectivity index (χ0v) is 10.0. The van der Waals surface area contributed by atoms with Gasteiger partial charge >= 0.3 is 5.69 Å². The molecule has 6 heteroatoms. The fourth-order valence-corrected chi connectivity index (χ4v) is 2.16. The molecule has 0 aliphatic heterocycles. The van der Waals surface area contributed by atoms with E-state index in [9.17, 15) is 10.1 Å². The summed E-state index contributed by atoms with van der Waals surface area (Å²) in [5.74, 6) is 0.442. The lowest BCUT2D eigenvalue weighted by atomic mass is 10.3. The van der Waals surface area contributed by atoms with Gasteiger partial charge in [-0.1, -0.05) is 18.7 Å². The minimum atomic E-state index is -0.397. The van der Waals surface area contributed by atoms with Crippen LogP contribution in [0, 0.1) is 17.0 Å². The molecule has 1 rings (SSSR count). The monoisotopic (exact) mass is 246 g/mol. The number of nitro groups is 1. The maximum atomic E-state index is 10.8. The van der Waals surface area contributed by atoms with E-state index in [0.29, 0.717) is 16.5 Å². The lowest BCUT2D eigenvalue weighted by molar-refractivity contribution is -0.388. The van der Waals surface area contributed by atoms with E-state index < -0.39 is 4.92 Å². The summed E-state index contributed by atoms with van der Waals surface area (Å²) >= 11 is 6.98. The quantitative estimate of drug-likeness (QED) is 0.355. The van der Waals surface area contributed by atoms with Gasteiger partial charge in [-0.25, -0.2) is 4.98 Å². The van der Waals surface area contributed by atoms with E-state index in [4.69, 9.17) is 11.6 Å². The third kappa shape index (κ3) is 3.07. The van der Waals surface area contributed by atoms with Gasteiger partial charge in [-0.15, -0.1) is 11.6 Å². The molecule has 1 aromatic heterocycles. The molecule has 0 spiro atoms. The third-order valence-electron chi connectivity index (χ3n) is 1.81. The number of thioether (sulfide) groups is 1. The molecule has 1 heterocycles. The molecule has 0 saturated carbocycles. The summed E-state index contributed by atoms with van der Waals surface area (Å²) in [4.78, 5) is 14.4. The topological polar surface area (TPSA) is 56.0 Å². The number of hydrogen-bond acceptors (Lipinski definition) is 4. The zero-order chi connectivity index (χ0) is 11.4. The van der Waals surface area contributed by atoms with Gasteiger partial charge in [-0.05, 0) is 13.0 Å². The Hall–Kier alpha value is -0.810. The lowest BCUT2D eigenvalue weighted by Crippen LogP contribution is -2.02. The lowest BCUT2D eigenvalue weighted by Gasteiger charge is -2.07. The largest absolute Gasteiger partial charge is 0.304 e. The molecule has 0 bridgehead atoms. The fourth-order valence-electron chi connectivity index (χ4n) is 1.06. The van der Waals surface area contributed by atoms with Crippen LogP contribution >= 0.6 is 23.4 Å². The summed E-state index contributed by atoms with van der Waals surface area (Å²) in [6.07, 6.45) is 1.58. The second-order valence-corrected chi connectivity index (χ2v) is 4.86. The number of aromatic nitrogens is 1. The molecule has 0 aliphatic rings. The molecule has 1 atom stereocenters. The van der Waals surface area contributed by atoms with Crippen molar-refractivity contribution in [2.75, 3.05) is 5.88 Å². The molecule has 0 aromatic carbocycles. The molecular formula is C9H11ClN2O2S. The first-order chi connectivity index (χ1) is 7.06. The SMILES string of the molecule is Cc1ccnc(SC(C)CCl)c1[N+](=O)[O-]. The molecule has 4 nitrogen and oxygen atoms in total. The van der Waals surface area contributed by atoms with Gasteiger partial charge in [0.1, 0.15) is 0 Å². The molecule has 0 radical (unpaired) electrons. The van der Waals surface area contributed by atoms with E-state index in [1.54, 1.807) is 19.2 Å². The summed E-state index contributed by atoms with van der Waals surface area (Å²) < 4.78 is 0. The summed E-state index contributed by atoms with van der Waals surface area (Å²) in [6, 6.07) is 1.63. The van der Waals surface area contributed by atoms with Crippen molar-refractivity contribution in [3.05, 3.63) is 27.9 Å². The summed E-state index contributed by atoms with van der Waals surface area (Å²) in [5, 5.41) is 11.4. The average Bonchev–Trinajstić information content (AvgIpc) is 2.17. The Kier molecular flexibility index (Phi) is 4.35. The van der Waals surface area contributed by atoms with Gasteiger partial charge < -0.3 is 0 Å². The number of nitrogens with zero attached hydrogens (tertiary/aromatic N) is 2. The van der Waals surface area contributed by atoms with Gasteiger partial charge in [0, 0.05) is 22.9 Å². The van der Waals surface area contributed by atoms with Crippen molar-refractivity contribution in [1.29, 1.82) is 0 Å². The van der Waals surface area contributed by atoms with Crippen molar-refractivity contribution in [2.45, 2.75) is 24.1 Å². The number of rotatable bonds is 4. The van der Waals surface area contributed by atoms with Gasteiger partial charge in [0.05, 0.1) is 4.92 Å². The number of aryl methyl sites for hydroxylation is 1. The van der Waals surface area contributed by atoms with Crippen molar-refractivity contribution >= 4 is 29.1 Å².